The molecule has 0 saturated carbocycles. The fourth-order valence-corrected chi connectivity index (χ4v) is 2.31. The van der Waals surface area contributed by atoms with Crippen LogP contribution in [0.1, 0.15) is 53.8 Å². The first kappa shape index (κ1) is 21.2. The second-order valence-corrected chi connectivity index (χ2v) is 6.20. The summed E-state index contributed by atoms with van der Waals surface area (Å²) in [4.78, 5) is 35.6. The summed E-state index contributed by atoms with van der Waals surface area (Å²) in [5, 5.41) is 2.70. The quantitative estimate of drug-likeness (QED) is 0.377. The summed E-state index contributed by atoms with van der Waals surface area (Å²) < 4.78 is 10.6. The molecule has 2 aromatic carbocycles. The standard InChI is InChI=1S/C22H25NO5/c1-3-5-14-27-19-12-8-17(9-13-19)22(26)28-15-20(24)16-6-10-18(11-7-16)23-21(25)4-2/h6-13H,3-5,14-15H2,1-2H3,(H,23,25). The van der Waals surface area contributed by atoms with Crippen molar-refractivity contribution in [2.75, 3.05) is 18.5 Å². The zero-order valence-electron chi connectivity index (χ0n) is 16.2. The Bertz CT molecular complexity index is 797. The van der Waals surface area contributed by atoms with Gasteiger partial charge in [-0.05, 0) is 55.0 Å². The number of benzene rings is 2. The number of anilines is 1. The summed E-state index contributed by atoms with van der Waals surface area (Å²) >= 11 is 0. The van der Waals surface area contributed by atoms with E-state index in [9.17, 15) is 14.4 Å². The molecule has 0 spiro atoms. The summed E-state index contributed by atoms with van der Waals surface area (Å²) in [5.74, 6) is -0.298. The lowest BCUT2D eigenvalue weighted by atomic mass is 10.1. The van der Waals surface area contributed by atoms with Crippen LogP contribution < -0.4 is 10.1 Å². The molecular formula is C22H25NO5. The minimum Gasteiger partial charge on any atom is -0.494 e. The molecule has 0 aliphatic carbocycles. The lowest BCUT2D eigenvalue weighted by molar-refractivity contribution is -0.115. The first-order valence-corrected chi connectivity index (χ1v) is 9.36. The van der Waals surface area contributed by atoms with Crippen molar-refractivity contribution in [3.05, 3.63) is 59.7 Å². The van der Waals surface area contributed by atoms with Gasteiger partial charge in [-0.1, -0.05) is 20.3 Å². The van der Waals surface area contributed by atoms with Crippen molar-refractivity contribution in [3.8, 4) is 5.75 Å². The molecule has 0 aliphatic rings. The first-order chi connectivity index (χ1) is 13.5. The highest BCUT2D eigenvalue weighted by Crippen LogP contribution is 2.14. The van der Waals surface area contributed by atoms with E-state index in [0.29, 0.717) is 35.6 Å². The molecule has 1 N–H and O–H groups in total. The Kier molecular flexibility index (Phi) is 8.21. The minimum absolute atomic E-state index is 0.102. The molecule has 0 atom stereocenters. The monoisotopic (exact) mass is 383 g/mol. The van der Waals surface area contributed by atoms with Crippen molar-refractivity contribution >= 4 is 23.3 Å². The number of hydrogen-bond donors (Lipinski definition) is 1. The zero-order valence-corrected chi connectivity index (χ0v) is 16.2. The van der Waals surface area contributed by atoms with Gasteiger partial charge < -0.3 is 14.8 Å². The number of amides is 1. The lowest BCUT2D eigenvalue weighted by Crippen LogP contribution is -2.14. The molecule has 2 rings (SSSR count). The topological polar surface area (TPSA) is 81.7 Å². The molecule has 0 bridgehead atoms. The Morgan fingerprint density at radius 2 is 1.54 bits per heavy atom. The van der Waals surface area contributed by atoms with Crippen LogP contribution in [-0.2, 0) is 9.53 Å². The maximum absolute atomic E-state index is 12.2. The van der Waals surface area contributed by atoms with Crippen LogP contribution in [0.25, 0.3) is 0 Å². The third-order valence-electron chi connectivity index (χ3n) is 4.00. The Morgan fingerprint density at radius 1 is 0.893 bits per heavy atom. The van der Waals surface area contributed by atoms with E-state index < -0.39 is 5.97 Å². The molecule has 0 aliphatic heterocycles. The molecule has 0 heterocycles. The average molecular weight is 383 g/mol. The summed E-state index contributed by atoms with van der Waals surface area (Å²) in [7, 11) is 0. The molecule has 0 saturated heterocycles. The smallest absolute Gasteiger partial charge is 0.338 e. The number of unbranched alkanes of at least 4 members (excludes halogenated alkanes) is 1. The maximum atomic E-state index is 12.2. The van der Waals surface area contributed by atoms with E-state index >= 15 is 0 Å². The van der Waals surface area contributed by atoms with Crippen molar-refractivity contribution in [1.82, 2.24) is 0 Å². The number of ether oxygens (including phenoxy) is 2. The van der Waals surface area contributed by atoms with Crippen LogP contribution in [0, 0.1) is 0 Å². The van der Waals surface area contributed by atoms with Gasteiger partial charge in [0.25, 0.3) is 0 Å². The van der Waals surface area contributed by atoms with Gasteiger partial charge >= 0.3 is 5.97 Å². The molecule has 28 heavy (non-hydrogen) atoms. The van der Waals surface area contributed by atoms with Crippen LogP contribution >= 0.6 is 0 Å². The van der Waals surface area contributed by atoms with Crippen molar-refractivity contribution < 1.29 is 23.9 Å². The summed E-state index contributed by atoms with van der Waals surface area (Å²) in [5.41, 5.74) is 1.37. The Hall–Kier alpha value is -3.15. The van der Waals surface area contributed by atoms with Crippen LogP contribution in [0.4, 0.5) is 5.69 Å². The third-order valence-corrected chi connectivity index (χ3v) is 4.00. The van der Waals surface area contributed by atoms with Crippen molar-refractivity contribution in [2.24, 2.45) is 0 Å². The Balaban J connectivity index is 1.84. The molecule has 1 amide bonds. The summed E-state index contributed by atoms with van der Waals surface area (Å²) in [6, 6.07) is 13.1. The zero-order chi connectivity index (χ0) is 20.4. The van der Waals surface area contributed by atoms with E-state index in [0.717, 1.165) is 12.8 Å². The molecule has 6 heteroatoms. The fourth-order valence-electron chi connectivity index (χ4n) is 2.31. The van der Waals surface area contributed by atoms with Crippen LogP contribution in [0.15, 0.2) is 48.5 Å². The highest BCUT2D eigenvalue weighted by Gasteiger charge is 2.12. The molecule has 6 nitrogen and oxygen atoms in total. The van der Waals surface area contributed by atoms with E-state index in [-0.39, 0.29) is 18.3 Å². The fraction of sp³-hybridized carbons (Fsp3) is 0.318. The highest BCUT2D eigenvalue weighted by molar-refractivity contribution is 6.00. The second-order valence-electron chi connectivity index (χ2n) is 6.20. The van der Waals surface area contributed by atoms with Gasteiger partial charge in [0.15, 0.2) is 12.4 Å². The summed E-state index contributed by atoms with van der Waals surface area (Å²) in [6.45, 7) is 4.13. The molecule has 2 aromatic rings. The van der Waals surface area contributed by atoms with Crippen LogP contribution in [-0.4, -0.2) is 30.9 Å². The Labute approximate surface area is 164 Å². The second kappa shape index (κ2) is 10.9. The van der Waals surface area contributed by atoms with Crippen molar-refractivity contribution in [1.29, 1.82) is 0 Å². The van der Waals surface area contributed by atoms with Gasteiger partial charge in [0.2, 0.25) is 5.91 Å². The van der Waals surface area contributed by atoms with Gasteiger partial charge in [-0.25, -0.2) is 4.79 Å². The average Bonchev–Trinajstić information content (AvgIpc) is 2.73. The number of esters is 1. The van der Waals surface area contributed by atoms with Gasteiger partial charge in [0.1, 0.15) is 5.75 Å². The van der Waals surface area contributed by atoms with Crippen LogP contribution in [0.5, 0.6) is 5.75 Å². The van der Waals surface area contributed by atoms with Gasteiger partial charge in [-0.3, -0.25) is 9.59 Å². The highest BCUT2D eigenvalue weighted by atomic mass is 16.5. The number of ketones is 1. The van der Waals surface area contributed by atoms with E-state index in [1.54, 1.807) is 55.5 Å². The number of carbonyl (C=O) groups excluding carboxylic acids is 3. The largest absolute Gasteiger partial charge is 0.494 e. The summed E-state index contributed by atoms with van der Waals surface area (Å²) in [6.07, 6.45) is 2.40. The third kappa shape index (κ3) is 6.54. The van der Waals surface area contributed by atoms with E-state index in [1.165, 1.54) is 0 Å². The normalized spacial score (nSPS) is 10.2. The van der Waals surface area contributed by atoms with Crippen LogP contribution in [0.2, 0.25) is 0 Å². The predicted octanol–water partition coefficient (Wildman–Crippen LogP) is 4.25. The van der Waals surface area contributed by atoms with Crippen molar-refractivity contribution in [2.45, 2.75) is 33.1 Å². The molecule has 0 radical (unpaired) electrons. The SMILES string of the molecule is CCCCOc1ccc(C(=O)OCC(=O)c2ccc(NC(=O)CC)cc2)cc1. The van der Waals surface area contributed by atoms with Gasteiger partial charge in [0, 0.05) is 17.7 Å². The van der Waals surface area contributed by atoms with E-state index in [2.05, 4.69) is 12.2 Å². The first-order valence-electron chi connectivity index (χ1n) is 9.36. The van der Waals surface area contributed by atoms with Gasteiger partial charge in [0.05, 0.1) is 12.2 Å². The van der Waals surface area contributed by atoms with Gasteiger partial charge in [-0.15, -0.1) is 0 Å². The number of hydrogen-bond acceptors (Lipinski definition) is 5. The number of Topliss-reactive ketones (excluding diaryl/α,β-unsaturated/α-hetero) is 1. The predicted molar refractivity (Wildman–Crippen MR) is 107 cm³/mol. The van der Waals surface area contributed by atoms with Crippen LogP contribution in [0.3, 0.4) is 0 Å². The molecule has 0 unspecified atom stereocenters. The number of nitrogens with one attached hydrogen (secondary N) is 1. The molecule has 148 valence electrons. The molecule has 0 aromatic heterocycles. The maximum Gasteiger partial charge on any atom is 0.338 e. The lowest BCUT2D eigenvalue weighted by Gasteiger charge is -2.08. The van der Waals surface area contributed by atoms with E-state index in [1.807, 2.05) is 0 Å². The van der Waals surface area contributed by atoms with Crippen molar-refractivity contribution in [3.63, 3.8) is 0 Å². The number of rotatable bonds is 10. The minimum atomic E-state index is -0.569. The Morgan fingerprint density at radius 3 is 2.14 bits per heavy atom. The molecular weight excluding hydrogens is 358 g/mol. The van der Waals surface area contributed by atoms with Gasteiger partial charge in [-0.2, -0.15) is 0 Å². The van der Waals surface area contributed by atoms with E-state index in [4.69, 9.17) is 9.47 Å². The molecule has 0 fully saturated rings. The number of carbonyl (C=O) groups is 3.